The topological polar surface area (TPSA) is 32.8 Å². The van der Waals surface area contributed by atoms with Gasteiger partial charge in [0.2, 0.25) is 0 Å². The molecule has 0 spiro atoms. The van der Waals surface area contributed by atoms with Crippen LogP contribution >= 0.6 is 11.6 Å². The average Bonchev–Trinajstić information content (AvgIpc) is 2.73. The minimum atomic E-state index is -0.515. The molecule has 4 nitrogen and oxygen atoms in total. The lowest BCUT2D eigenvalue weighted by molar-refractivity contribution is -0.138. The highest BCUT2D eigenvalue weighted by molar-refractivity contribution is 6.30. The summed E-state index contributed by atoms with van der Waals surface area (Å²) >= 11 is 6.09. The highest BCUT2D eigenvalue weighted by Gasteiger charge is 2.26. The SMILES string of the molecule is C[C@@H](Oc1ccc2ccccc2c1)C(=O)N1CCN(c2cccc(Cl)c2)CC1. The Morgan fingerprint density at radius 1 is 0.929 bits per heavy atom. The van der Waals surface area contributed by atoms with Crippen LogP contribution in [0.4, 0.5) is 5.69 Å². The number of nitrogens with zero attached hydrogens (tertiary/aromatic N) is 2. The lowest BCUT2D eigenvalue weighted by Gasteiger charge is -2.37. The number of carbonyl (C=O) groups excluding carboxylic acids is 1. The van der Waals surface area contributed by atoms with Gasteiger partial charge in [0.05, 0.1) is 0 Å². The van der Waals surface area contributed by atoms with Crippen LogP contribution in [0, 0.1) is 0 Å². The van der Waals surface area contributed by atoms with E-state index in [1.165, 1.54) is 0 Å². The van der Waals surface area contributed by atoms with Gasteiger partial charge in [0.1, 0.15) is 5.75 Å². The molecule has 1 aliphatic rings. The van der Waals surface area contributed by atoms with E-state index in [9.17, 15) is 4.79 Å². The van der Waals surface area contributed by atoms with E-state index in [-0.39, 0.29) is 5.91 Å². The van der Waals surface area contributed by atoms with Crippen molar-refractivity contribution in [3.05, 3.63) is 71.8 Å². The summed E-state index contributed by atoms with van der Waals surface area (Å²) in [6.45, 7) is 4.75. The fraction of sp³-hybridized carbons (Fsp3) is 0.261. The second kappa shape index (κ2) is 8.11. The lowest BCUT2D eigenvalue weighted by Crippen LogP contribution is -2.52. The fourth-order valence-corrected chi connectivity index (χ4v) is 3.79. The molecule has 0 radical (unpaired) electrons. The van der Waals surface area contributed by atoms with Crippen molar-refractivity contribution in [3.8, 4) is 5.75 Å². The van der Waals surface area contributed by atoms with Gasteiger partial charge in [-0.3, -0.25) is 4.79 Å². The van der Waals surface area contributed by atoms with Gasteiger partial charge in [-0.2, -0.15) is 0 Å². The zero-order valence-electron chi connectivity index (χ0n) is 15.8. The summed E-state index contributed by atoms with van der Waals surface area (Å²) < 4.78 is 5.94. The van der Waals surface area contributed by atoms with Gasteiger partial charge in [-0.15, -0.1) is 0 Å². The molecule has 1 fully saturated rings. The van der Waals surface area contributed by atoms with Crippen LogP contribution in [-0.4, -0.2) is 43.1 Å². The van der Waals surface area contributed by atoms with Crippen molar-refractivity contribution in [1.29, 1.82) is 0 Å². The van der Waals surface area contributed by atoms with Gasteiger partial charge >= 0.3 is 0 Å². The Bertz CT molecular complexity index is 983. The second-order valence-electron chi connectivity index (χ2n) is 7.06. The molecule has 0 aromatic heterocycles. The number of fused-ring (bicyclic) bond motifs is 1. The monoisotopic (exact) mass is 394 g/mol. The number of anilines is 1. The Labute approximate surface area is 170 Å². The van der Waals surface area contributed by atoms with E-state index in [2.05, 4.69) is 17.0 Å². The van der Waals surface area contributed by atoms with Crippen molar-refractivity contribution < 1.29 is 9.53 Å². The van der Waals surface area contributed by atoms with E-state index in [0.717, 1.165) is 40.3 Å². The molecule has 4 rings (SSSR count). The summed E-state index contributed by atoms with van der Waals surface area (Å²) in [6, 6.07) is 21.9. The van der Waals surface area contributed by atoms with E-state index in [0.29, 0.717) is 13.1 Å². The Hall–Kier alpha value is -2.72. The van der Waals surface area contributed by atoms with Gasteiger partial charge < -0.3 is 14.5 Å². The first-order valence-corrected chi connectivity index (χ1v) is 9.93. The predicted octanol–water partition coefficient (Wildman–Crippen LogP) is 4.61. The third-order valence-corrected chi connectivity index (χ3v) is 5.38. The van der Waals surface area contributed by atoms with Crippen molar-refractivity contribution in [2.45, 2.75) is 13.0 Å². The lowest BCUT2D eigenvalue weighted by atomic mass is 10.1. The molecule has 0 N–H and O–H groups in total. The van der Waals surface area contributed by atoms with E-state index in [4.69, 9.17) is 16.3 Å². The minimum Gasteiger partial charge on any atom is -0.481 e. The Balaban J connectivity index is 1.36. The molecule has 5 heteroatoms. The van der Waals surface area contributed by atoms with Crippen LogP contribution in [0.5, 0.6) is 5.75 Å². The summed E-state index contributed by atoms with van der Waals surface area (Å²) in [5.74, 6) is 0.746. The molecule has 3 aromatic carbocycles. The van der Waals surface area contributed by atoms with Crippen LogP contribution in [0.2, 0.25) is 5.02 Å². The molecule has 144 valence electrons. The predicted molar refractivity (Wildman–Crippen MR) is 114 cm³/mol. The van der Waals surface area contributed by atoms with Gasteiger partial charge in [0.25, 0.3) is 5.91 Å². The second-order valence-corrected chi connectivity index (χ2v) is 7.50. The Kier molecular flexibility index (Phi) is 5.40. The summed E-state index contributed by atoms with van der Waals surface area (Å²) in [7, 11) is 0. The molecule has 1 heterocycles. The first-order valence-electron chi connectivity index (χ1n) is 9.55. The molecule has 0 aliphatic carbocycles. The number of amides is 1. The van der Waals surface area contributed by atoms with Gasteiger partial charge in [-0.25, -0.2) is 0 Å². The zero-order valence-corrected chi connectivity index (χ0v) is 16.6. The van der Waals surface area contributed by atoms with Crippen molar-refractivity contribution in [2.75, 3.05) is 31.1 Å². The van der Waals surface area contributed by atoms with Crippen LogP contribution < -0.4 is 9.64 Å². The van der Waals surface area contributed by atoms with Crippen LogP contribution in [0.15, 0.2) is 66.7 Å². The molecule has 1 saturated heterocycles. The Morgan fingerprint density at radius 2 is 1.68 bits per heavy atom. The van der Waals surface area contributed by atoms with Crippen molar-refractivity contribution in [1.82, 2.24) is 4.90 Å². The standard InChI is InChI=1S/C23H23ClN2O2/c1-17(28-22-10-9-18-5-2-3-6-19(18)15-22)23(27)26-13-11-25(12-14-26)21-8-4-7-20(24)16-21/h2-10,15-17H,11-14H2,1H3/t17-/m1/s1. The molecule has 1 amide bonds. The third-order valence-electron chi connectivity index (χ3n) is 5.15. The van der Waals surface area contributed by atoms with Crippen LogP contribution in [-0.2, 0) is 4.79 Å². The van der Waals surface area contributed by atoms with E-state index in [1.54, 1.807) is 0 Å². The van der Waals surface area contributed by atoms with E-state index >= 15 is 0 Å². The van der Waals surface area contributed by atoms with E-state index < -0.39 is 6.10 Å². The third kappa shape index (κ3) is 4.07. The summed E-state index contributed by atoms with van der Waals surface area (Å²) in [4.78, 5) is 17.0. The van der Waals surface area contributed by atoms with Crippen molar-refractivity contribution in [2.24, 2.45) is 0 Å². The Morgan fingerprint density at radius 3 is 2.43 bits per heavy atom. The molecule has 28 heavy (non-hydrogen) atoms. The van der Waals surface area contributed by atoms with Gasteiger partial charge in [-0.05, 0) is 48.0 Å². The van der Waals surface area contributed by atoms with Crippen LogP contribution in [0.25, 0.3) is 10.8 Å². The molecular weight excluding hydrogens is 372 g/mol. The maximum absolute atomic E-state index is 12.8. The van der Waals surface area contributed by atoms with Gasteiger partial charge in [0.15, 0.2) is 6.10 Å². The molecule has 1 aliphatic heterocycles. The number of piperazine rings is 1. The molecule has 0 bridgehead atoms. The van der Waals surface area contributed by atoms with Crippen molar-refractivity contribution >= 4 is 34.0 Å². The molecule has 1 atom stereocenters. The fourth-order valence-electron chi connectivity index (χ4n) is 3.61. The van der Waals surface area contributed by atoms with Crippen molar-refractivity contribution in [3.63, 3.8) is 0 Å². The minimum absolute atomic E-state index is 0.0268. The van der Waals surface area contributed by atoms with Gasteiger partial charge in [0, 0.05) is 36.9 Å². The molecule has 0 unspecified atom stereocenters. The number of benzene rings is 3. The summed E-state index contributed by atoms with van der Waals surface area (Å²) in [5, 5.41) is 2.99. The zero-order chi connectivity index (χ0) is 19.5. The average molecular weight is 395 g/mol. The summed E-state index contributed by atoms with van der Waals surface area (Å²) in [5.41, 5.74) is 1.10. The normalized spacial score (nSPS) is 15.5. The smallest absolute Gasteiger partial charge is 0.263 e. The maximum atomic E-state index is 12.8. The van der Waals surface area contributed by atoms with Crippen LogP contribution in [0.1, 0.15) is 6.92 Å². The van der Waals surface area contributed by atoms with E-state index in [1.807, 2.05) is 66.4 Å². The number of hydrogen-bond donors (Lipinski definition) is 0. The number of hydrogen-bond acceptors (Lipinski definition) is 3. The molecule has 3 aromatic rings. The quantitative estimate of drug-likeness (QED) is 0.647. The number of halogens is 1. The molecule has 0 saturated carbocycles. The number of carbonyl (C=O) groups is 1. The van der Waals surface area contributed by atoms with Gasteiger partial charge in [-0.1, -0.05) is 48.0 Å². The highest BCUT2D eigenvalue weighted by atomic mass is 35.5. The summed E-state index contributed by atoms with van der Waals surface area (Å²) in [6.07, 6.45) is -0.515. The largest absolute Gasteiger partial charge is 0.481 e. The number of ether oxygens (including phenoxy) is 1. The van der Waals surface area contributed by atoms with Crippen LogP contribution in [0.3, 0.4) is 0 Å². The highest BCUT2D eigenvalue weighted by Crippen LogP contribution is 2.23. The first kappa shape index (κ1) is 18.6. The first-order chi connectivity index (χ1) is 13.6. The number of rotatable bonds is 4. The maximum Gasteiger partial charge on any atom is 0.263 e. The molecular formula is C23H23ClN2O2.